The summed E-state index contributed by atoms with van der Waals surface area (Å²) in [7, 11) is 0. The molecule has 2 N–H and O–H groups in total. The molecule has 0 atom stereocenters. The van der Waals surface area contributed by atoms with Gasteiger partial charge in [0.15, 0.2) is 0 Å². The van der Waals surface area contributed by atoms with Crippen LogP contribution in [-0.2, 0) is 16.6 Å². The number of hydrogen-bond donors (Lipinski definition) is 2. The lowest BCUT2D eigenvalue weighted by Gasteiger charge is -2.32. The van der Waals surface area contributed by atoms with Crippen LogP contribution in [-0.4, -0.2) is 46.3 Å². The molecule has 0 saturated carbocycles. The number of aromatic nitrogens is 2. The van der Waals surface area contributed by atoms with Crippen molar-refractivity contribution in [3.8, 4) is 11.4 Å². The first-order valence-electron chi connectivity index (χ1n) is 15.4. The summed E-state index contributed by atoms with van der Waals surface area (Å²) in [6, 6.07) is 27.3. The van der Waals surface area contributed by atoms with E-state index in [0.717, 1.165) is 60.7 Å². The van der Waals surface area contributed by atoms with Crippen LogP contribution in [0.5, 0.6) is 5.75 Å². The molecule has 8 nitrogen and oxygen atoms in total. The third-order valence-corrected chi connectivity index (χ3v) is 8.03. The van der Waals surface area contributed by atoms with E-state index in [1.54, 1.807) is 4.68 Å². The number of nitrogens with zero attached hydrogens (tertiary/aromatic N) is 3. The fourth-order valence-electron chi connectivity index (χ4n) is 5.37. The monoisotopic (exact) mass is 593 g/mol. The van der Waals surface area contributed by atoms with Gasteiger partial charge >= 0.3 is 6.03 Å². The molecule has 44 heavy (non-hydrogen) atoms. The van der Waals surface area contributed by atoms with Crippen molar-refractivity contribution in [3.05, 3.63) is 102 Å². The number of likely N-dealkylation sites (tertiary alicyclic amines) is 1. The van der Waals surface area contributed by atoms with E-state index in [4.69, 9.17) is 9.84 Å². The number of carbonyl (C=O) groups is 2. The molecule has 3 amide bonds. The highest BCUT2D eigenvalue weighted by molar-refractivity contribution is 5.99. The van der Waals surface area contributed by atoms with Crippen LogP contribution in [0.25, 0.3) is 5.69 Å². The smallest absolute Gasteiger partial charge is 0.324 e. The van der Waals surface area contributed by atoms with Gasteiger partial charge in [0.25, 0.3) is 0 Å². The van der Waals surface area contributed by atoms with Crippen molar-refractivity contribution in [3.63, 3.8) is 0 Å². The molecule has 0 spiro atoms. The van der Waals surface area contributed by atoms with Crippen molar-refractivity contribution in [2.24, 2.45) is 5.92 Å². The second-order valence-corrected chi connectivity index (χ2v) is 12.6. The Balaban J connectivity index is 1.10. The van der Waals surface area contributed by atoms with Crippen molar-refractivity contribution in [1.29, 1.82) is 0 Å². The molecular formula is C36H43N5O3. The molecule has 3 aromatic carbocycles. The van der Waals surface area contributed by atoms with Gasteiger partial charge in [-0.25, -0.2) is 9.48 Å². The number of rotatable bonds is 9. The molecule has 5 rings (SSSR count). The number of ether oxygens (including phenoxy) is 1. The van der Waals surface area contributed by atoms with Crippen LogP contribution < -0.4 is 15.4 Å². The van der Waals surface area contributed by atoms with Crippen LogP contribution in [0.15, 0.2) is 84.9 Å². The molecule has 1 aliphatic rings. The Hall–Kier alpha value is -4.59. The molecule has 1 saturated heterocycles. The van der Waals surface area contributed by atoms with Gasteiger partial charge in [-0.3, -0.25) is 10.1 Å². The molecule has 1 fully saturated rings. The summed E-state index contributed by atoms with van der Waals surface area (Å²) in [5, 5.41) is 10.7. The number of carbonyl (C=O) groups excluding carboxylic acids is 2. The Morgan fingerprint density at radius 3 is 2.25 bits per heavy atom. The Morgan fingerprint density at radius 2 is 1.59 bits per heavy atom. The lowest BCUT2D eigenvalue weighted by Crippen LogP contribution is -2.39. The molecule has 1 aliphatic heterocycles. The molecule has 0 unspecified atom stereocenters. The third kappa shape index (κ3) is 8.28. The third-order valence-electron chi connectivity index (χ3n) is 8.03. The number of benzene rings is 3. The molecule has 4 aromatic rings. The van der Waals surface area contributed by atoms with E-state index >= 15 is 0 Å². The number of hydrogen-bond acceptors (Lipinski definition) is 4. The molecule has 0 radical (unpaired) electrons. The number of para-hydroxylation sites is 1. The summed E-state index contributed by atoms with van der Waals surface area (Å²) >= 11 is 0. The van der Waals surface area contributed by atoms with Gasteiger partial charge in [0, 0.05) is 30.3 Å². The second kappa shape index (κ2) is 13.8. The minimum Gasteiger partial charge on any atom is -0.493 e. The number of urea groups is 1. The highest BCUT2D eigenvalue weighted by Crippen LogP contribution is 2.27. The Kier molecular flexibility index (Phi) is 9.68. The van der Waals surface area contributed by atoms with Crippen molar-refractivity contribution in [2.75, 3.05) is 30.3 Å². The van der Waals surface area contributed by atoms with E-state index in [2.05, 4.69) is 43.5 Å². The van der Waals surface area contributed by atoms with Gasteiger partial charge in [0.05, 0.1) is 24.4 Å². The summed E-state index contributed by atoms with van der Waals surface area (Å²) in [5.41, 5.74) is 4.73. The summed E-state index contributed by atoms with van der Waals surface area (Å²) in [6.07, 6.45) is 3.32. The van der Waals surface area contributed by atoms with Crippen molar-refractivity contribution in [1.82, 2.24) is 14.7 Å². The van der Waals surface area contributed by atoms with Gasteiger partial charge in [0.2, 0.25) is 5.91 Å². The maximum absolute atomic E-state index is 13.0. The molecular weight excluding hydrogens is 550 g/mol. The molecule has 0 aliphatic carbocycles. The van der Waals surface area contributed by atoms with Gasteiger partial charge in [-0.15, -0.1) is 0 Å². The van der Waals surface area contributed by atoms with E-state index < -0.39 is 0 Å². The van der Waals surface area contributed by atoms with Gasteiger partial charge in [-0.2, -0.15) is 5.10 Å². The van der Waals surface area contributed by atoms with Gasteiger partial charge < -0.3 is 15.0 Å². The quantitative estimate of drug-likeness (QED) is 0.212. The van der Waals surface area contributed by atoms with Gasteiger partial charge in [-0.05, 0) is 74.1 Å². The Labute approximate surface area is 260 Å². The normalized spacial score (nSPS) is 13.9. The average molecular weight is 594 g/mol. The number of anilines is 2. The number of piperidine rings is 1. The van der Waals surface area contributed by atoms with E-state index in [1.807, 2.05) is 84.6 Å². The predicted molar refractivity (Wildman–Crippen MR) is 176 cm³/mol. The number of aryl methyl sites for hydroxylation is 1. The lowest BCUT2D eigenvalue weighted by atomic mass is 9.90. The molecule has 2 heterocycles. The van der Waals surface area contributed by atoms with Gasteiger partial charge in [0.1, 0.15) is 11.6 Å². The first kappa shape index (κ1) is 30.9. The molecule has 230 valence electrons. The zero-order valence-electron chi connectivity index (χ0n) is 26.2. The second-order valence-electron chi connectivity index (χ2n) is 12.6. The summed E-state index contributed by atoms with van der Waals surface area (Å²) in [4.78, 5) is 27.6. The van der Waals surface area contributed by atoms with Crippen molar-refractivity contribution in [2.45, 2.75) is 58.8 Å². The van der Waals surface area contributed by atoms with Crippen molar-refractivity contribution >= 4 is 23.4 Å². The molecule has 0 bridgehead atoms. The maximum atomic E-state index is 13.0. The zero-order chi connectivity index (χ0) is 31.1. The molecule has 8 heteroatoms. The van der Waals surface area contributed by atoms with E-state index in [0.29, 0.717) is 24.8 Å². The highest BCUT2D eigenvalue weighted by atomic mass is 16.5. The minimum atomic E-state index is -0.322. The Bertz CT molecular complexity index is 1530. The van der Waals surface area contributed by atoms with E-state index in [1.165, 1.54) is 5.56 Å². The van der Waals surface area contributed by atoms with Crippen LogP contribution in [0.1, 0.15) is 56.9 Å². The summed E-state index contributed by atoms with van der Waals surface area (Å²) < 4.78 is 7.47. The average Bonchev–Trinajstić information content (AvgIpc) is 3.44. The molecule has 1 aromatic heterocycles. The highest BCUT2D eigenvalue weighted by Gasteiger charge is 2.24. The number of nitrogens with one attached hydrogen (secondary N) is 2. The lowest BCUT2D eigenvalue weighted by molar-refractivity contribution is -0.133. The first-order chi connectivity index (χ1) is 21.1. The van der Waals surface area contributed by atoms with E-state index in [9.17, 15) is 9.59 Å². The Morgan fingerprint density at radius 1 is 0.909 bits per heavy atom. The maximum Gasteiger partial charge on any atom is 0.324 e. The van der Waals surface area contributed by atoms with Crippen LogP contribution in [0.2, 0.25) is 0 Å². The first-order valence-corrected chi connectivity index (χ1v) is 15.4. The van der Waals surface area contributed by atoms with Crippen LogP contribution in [0.4, 0.5) is 16.3 Å². The fraction of sp³-hybridized carbons (Fsp3) is 0.361. The van der Waals surface area contributed by atoms with Crippen molar-refractivity contribution < 1.29 is 14.3 Å². The van der Waals surface area contributed by atoms with Crippen LogP contribution >= 0.6 is 0 Å². The van der Waals surface area contributed by atoms with E-state index in [-0.39, 0.29) is 17.4 Å². The van der Waals surface area contributed by atoms with Crippen LogP contribution in [0, 0.1) is 12.8 Å². The summed E-state index contributed by atoms with van der Waals surface area (Å²) in [6.45, 7) is 10.3. The van der Waals surface area contributed by atoms with Gasteiger partial charge in [-0.1, -0.05) is 68.8 Å². The summed E-state index contributed by atoms with van der Waals surface area (Å²) in [5.74, 6) is 2.09. The number of amides is 3. The predicted octanol–water partition coefficient (Wildman–Crippen LogP) is 7.37. The standard InChI is InChI=1S/C36H43N5O3/c1-26-10-16-30(17-11-26)41-33(25-32(39-41)36(2,3)4)38-35(43)37-29-14-12-27(13-15-29)24-28-18-21-40(22-19-28)34(42)20-23-44-31-8-6-5-7-9-31/h5-17,25,28H,18-24H2,1-4H3,(H2,37,38,43). The largest absolute Gasteiger partial charge is 0.493 e. The SMILES string of the molecule is Cc1ccc(-n2nc(C(C)(C)C)cc2NC(=O)Nc2ccc(CC3CCN(C(=O)CCOc4ccccc4)CC3)cc2)cc1. The van der Waals surface area contributed by atoms with Crippen LogP contribution in [0.3, 0.4) is 0 Å². The topological polar surface area (TPSA) is 88.5 Å². The zero-order valence-corrected chi connectivity index (χ0v) is 26.2. The fourth-order valence-corrected chi connectivity index (χ4v) is 5.37. The minimum absolute atomic E-state index is 0.157.